The Kier molecular flexibility index (Phi) is 9.16. The molecule has 2 fully saturated rings. The second kappa shape index (κ2) is 13.9. The highest BCUT2D eigenvalue weighted by molar-refractivity contribution is 5.86. The van der Waals surface area contributed by atoms with Crippen LogP contribution in [0.25, 0.3) is 11.1 Å². The molecule has 14 heteroatoms. The molecule has 4 heterocycles. The van der Waals surface area contributed by atoms with E-state index in [1.807, 2.05) is 30.3 Å². The van der Waals surface area contributed by atoms with Gasteiger partial charge in [-0.15, -0.1) is 0 Å². The van der Waals surface area contributed by atoms with E-state index in [0.29, 0.717) is 43.1 Å². The van der Waals surface area contributed by atoms with Gasteiger partial charge in [0.15, 0.2) is 0 Å². The molecule has 45 heavy (non-hydrogen) atoms. The molecule has 14 nitrogen and oxygen atoms in total. The van der Waals surface area contributed by atoms with E-state index < -0.39 is 6.09 Å². The van der Waals surface area contributed by atoms with Gasteiger partial charge in [0.2, 0.25) is 17.8 Å². The zero-order chi connectivity index (χ0) is 31.0. The first-order valence-corrected chi connectivity index (χ1v) is 14.6. The van der Waals surface area contributed by atoms with Crippen molar-refractivity contribution in [3.63, 3.8) is 0 Å². The molecule has 1 saturated heterocycles. The minimum Gasteiger partial charge on any atom is -0.468 e. The monoisotopic (exact) mass is 609 g/mol. The Hall–Kier alpha value is -5.42. The Morgan fingerprint density at radius 2 is 1.67 bits per heavy atom. The molecule has 1 aliphatic heterocycles. The molecule has 2 aliphatic rings. The van der Waals surface area contributed by atoms with Gasteiger partial charge < -0.3 is 24.3 Å². The van der Waals surface area contributed by atoms with E-state index in [4.69, 9.17) is 18.9 Å². The molecule has 3 aromatic heterocycles. The van der Waals surface area contributed by atoms with Crippen molar-refractivity contribution >= 4 is 18.0 Å². The molecule has 0 unspecified atom stereocenters. The molecule has 0 atom stereocenters. The molecule has 1 N–H and O–H groups in total. The number of benzene rings is 1. The average molecular weight is 610 g/mol. The predicted molar refractivity (Wildman–Crippen MR) is 160 cm³/mol. The number of carbonyl (C=O) groups is 1. The lowest BCUT2D eigenvalue weighted by Gasteiger charge is -2.35. The van der Waals surface area contributed by atoms with Crippen molar-refractivity contribution < 1.29 is 23.7 Å². The van der Waals surface area contributed by atoms with Crippen LogP contribution in [0.2, 0.25) is 0 Å². The lowest BCUT2D eigenvalue weighted by Crippen LogP contribution is -2.45. The SMILES string of the molecule is COc1ncc(-c2cnc(N(C(=O)OCc3ccccc3)C3CCC(Nc4ncc(C#N)c(OC5COC5)n4)CC3)nc2)cn1. The van der Waals surface area contributed by atoms with Crippen LogP contribution in [0.15, 0.2) is 61.3 Å². The second-order valence-electron chi connectivity index (χ2n) is 10.6. The summed E-state index contributed by atoms with van der Waals surface area (Å²) in [6.45, 7) is 1.06. The molecule has 1 aromatic carbocycles. The van der Waals surface area contributed by atoms with Crippen molar-refractivity contribution in [2.75, 3.05) is 30.5 Å². The van der Waals surface area contributed by atoms with Gasteiger partial charge in [-0.05, 0) is 31.2 Å². The molecule has 1 amide bonds. The number of nitrogens with zero attached hydrogens (tertiary/aromatic N) is 8. The van der Waals surface area contributed by atoms with Gasteiger partial charge in [0.05, 0.1) is 26.5 Å². The Morgan fingerprint density at radius 1 is 0.978 bits per heavy atom. The van der Waals surface area contributed by atoms with Crippen molar-refractivity contribution in [3.8, 4) is 29.1 Å². The zero-order valence-corrected chi connectivity index (χ0v) is 24.6. The summed E-state index contributed by atoms with van der Waals surface area (Å²) in [6, 6.07) is 11.7. The van der Waals surface area contributed by atoms with Gasteiger partial charge in [0.25, 0.3) is 0 Å². The fourth-order valence-corrected chi connectivity index (χ4v) is 5.05. The highest BCUT2D eigenvalue weighted by Crippen LogP contribution is 2.29. The topological polar surface area (TPSA) is 170 Å². The molecule has 1 saturated carbocycles. The maximum atomic E-state index is 13.5. The number of anilines is 2. The third kappa shape index (κ3) is 7.22. The average Bonchev–Trinajstić information content (AvgIpc) is 3.07. The molecule has 1 aliphatic carbocycles. The van der Waals surface area contributed by atoms with Crippen molar-refractivity contribution in [1.29, 1.82) is 5.26 Å². The number of methoxy groups -OCH3 is 1. The maximum absolute atomic E-state index is 13.5. The summed E-state index contributed by atoms with van der Waals surface area (Å²) in [7, 11) is 1.50. The fraction of sp³-hybridized carbons (Fsp3) is 0.355. The number of ether oxygens (including phenoxy) is 4. The lowest BCUT2D eigenvalue weighted by molar-refractivity contribution is -0.0814. The summed E-state index contributed by atoms with van der Waals surface area (Å²) >= 11 is 0. The van der Waals surface area contributed by atoms with Crippen LogP contribution in [-0.2, 0) is 16.1 Å². The highest BCUT2D eigenvalue weighted by Gasteiger charge is 2.33. The van der Waals surface area contributed by atoms with Crippen molar-refractivity contribution in [3.05, 3.63) is 72.4 Å². The first kappa shape index (κ1) is 29.6. The van der Waals surface area contributed by atoms with E-state index >= 15 is 0 Å². The number of nitrogens with one attached hydrogen (secondary N) is 1. The van der Waals surface area contributed by atoms with Crippen LogP contribution in [0.1, 0.15) is 36.8 Å². The van der Waals surface area contributed by atoms with Crippen LogP contribution in [-0.4, -0.2) is 74.5 Å². The van der Waals surface area contributed by atoms with Gasteiger partial charge in [0.1, 0.15) is 24.3 Å². The van der Waals surface area contributed by atoms with Gasteiger partial charge in [0, 0.05) is 48.0 Å². The van der Waals surface area contributed by atoms with Crippen LogP contribution < -0.4 is 19.7 Å². The minimum absolute atomic E-state index is 0.0506. The summed E-state index contributed by atoms with van der Waals surface area (Å²) in [5, 5.41) is 12.8. The summed E-state index contributed by atoms with van der Waals surface area (Å²) < 4.78 is 21.7. The molecule has 6 rings (SSSR count). The molecule has 0 bridgehead atoms. The number of carbonyl (C=O) groups excluding carboxylic acids is 1. The van der Waals surface area contributed by atoms with Crippen LogP contribution in [0.5, 0.6) is 11.9 Å². The number of amides is 1. The fourth-order valence-electron chi connectivity index (χ4n) is 5.05. The van der Waals surface area contributed by atoms with E-state index in [2.05, 4.69) is 41.3 Å². The van der Waals surface area contributed by atoms with Gasteiger partial charge >= 0.3 is 12.1 Å². The number of rotatable bonds is 10. The van der Waals surface area contributed by atoms with E-state index in [9.17, 15) is 10.1 Å². The van der Waals surface area contributed by atoms with E-state index in [1.54, 1.807) is 24.8 Å². The van der Waals surface area contributed by atoms with Crippen LogP contribution in [0.3, 0.4) is 0 Å². The van der Waals surface area contributed by atoms with Crippen molar-refractivity contribution in [2.45, 2.75) is 50.5 Å². The first-order chi connectivity index (χ1) is 22.1. The summed E-state index contributed by atoms with van der Waals surface area (Å²) in [5.74, 6) is 0.874. The zero-order valence-electron chi connectivity index (χ0n) is 24.6. The van der Waals surface area contributed by atoms with E-state index in [0.717, 1.165) is 18.4 Å². The lowest BCUT2D eigenvalue weighted by atomic mass is 9.90. The normalized spacial score (nSPS) is 17.8. The largest absolute Gasteiger partial charge is 0.468 e. The van der Waals surface area contributed by atoms with Gasteiger partial charge in [-0.1, -0.05) is 30.3 Å². The smallest absolute Gasteiger partial charge is 0.417 e. The maximum Gasteiger partial charge on any atom is 0.417 e. The summed E-state index contributed by atoms with van der Waals surface area (Å²) in [5.41, 5.74) is 2.56. The summed E-state index contributed by atoms with van der Waals surface area (Å²) in [4.78, 5) is 41.2. The Labute approximate surface area is 259 Å². The molecule has 0 spiro atoms. The van der Waals surface area contributed by atoms with Crippen LogP contribution in [0.4, 0.5) is 16.7 Å². The third-order valence-corrected chi connectivity index (χ3v) is 7.55. The predicted octanol–water partition coefficient (Wildman–Crippen LogP) is 3.95. The number of hydrogen-bond acceptors (Lipinski definition) is 13. The number of nitriles is 1. The van der Waals surface area contributed by atoms with Crippen molar-refractivity contribution in [2.24, 2.45) is 0 Å². The molecule has 230 valence electrons. The van der Waals surface area contributed by atoms with Gasteiger partial charge in [-0.25, -0.2) is 34.6 Å². The number of aromatic nitrogens is 6. The number of hydrogen-bond donors (Lipinski definition) is 1. The van der Waals surface area contributed by atoms with Crippen LogP contribution >= 0.6 is 0 Å². The Balaban J connectivity index is 1.15. The first-order valence-electron chi connectivity index (χ1n) is 14.6. The van der Waals surface area contributed by atoms with Crippen molar-refractivity contribution in [1.82, 2.24) is 29.9 Å². The van der Waals surface area contributed by atoms with E-state index in [-0.39, 0.29) is 48.2 Å². The highest BCUT2D eigenvalue weighted by atomic mass is 16.6. The van der Waals surface area contributed by atoms with Crippen LogP contribution in [0, 0.1) is 11.3 Å². The summed E-state index contributed by atoms with van der Waals surface area (Å²) in [6.07, 6.45) is 10.1. The standard InChI is InChI=1S/C31H31N9O5/c1-42-30-36-15-23(16-37-30)22-13-34-29(35-14-22)40(31(41)44-17-20-5-3-2-4-6-20)25-9-7-24(8-10-25)38-28-33-12-21(11-32)27(39-28)45-26-18-43-19-26/h2-6,12-16,24-26H,7-10,17-19H2,1H3,(H,33,38,39). The second-order valence-corrected chi connectivity index (χ2v) is 10.6. The van der Waals surface area contributed by atoms with E-state index in [1.165, 1.54) is 18.2 Å². The Morgan fingerprint density at radius 3 is 2.29 bits per heavy atom. The molecule has 0 radical (unpaired) electrons. The molecule has 4 aromatic rings. The quantitative estimate of drug-likeness (QED) is 0.274. The minimum atomic E-state index is -0.520. The molecular formula is C31H31N9O5. The Bertz CT molecular complexity index is 1620. The third-order valence-electron chi connectivity index (χ3n) is 7.55. The van der Waals surface area contributed by atoms with Gasteiger partial charge in [-0.2, -0.15) is 10.2 Å². The van der Waals surface area contributed by atoms with Gasteiger partial charge in [-0.3, -0.25) is 0 Å². The molecular weight excluding hydrogens is 578 g/mol.